The average Bonchev–Trinajstić information content (AvgIpc) is 3.73. The van der Waals surface area contributed by atoms with Crippen molar-refractivity contribution in [1.29, 1.82) is 0 Å². The normalized spacial score (nSPS) is 19.6. The second-order valence-electron chi connectivity index (χ2n) is 9.81. The van der Waals surface area contributed by atoms with E-state index in [1.807, 2.05) is 11.4 Å². The van der Waals surface area contributed by atoms with Crippen LogP contribution < -0.4 is 14.2 Å². The van der Waals surface area contributed by atoms with E-state index in [2.05, 4.69) is 0 Å². The summed E-state index contributed by atoms with van der Waals surface area (Å²) >= 11 is 1.67. The molecule has 3 aromatic rings. The van der Waals surface area contributed by atoms with Crippen LogP contribution in [0, 0.1) is 5.82 Å². The number of benzene rings is 2. The molecule has 4 heterocycles. The lowest BCUT2D eigenvalue weighted by Gasteiger charge is -2.37. The van der Waals surface area contributed by atoms with Gasteiger partial charge >= 0.3 is 0 Å². The molecule has 1 saturated heterocycles. The maximum Gasteiger partial charge on any atom is 0.254 e. The van der Waals surface area contributed by atoms with Gasteiger partial charge in [-0.1, -0.05) is 0 Å². The average molecular weight is 553 g/mol. The summed E-state index contributed by atoms with van der Waals surface area (Å²) in [6.07, 6.45) is 2.40. The van der Waals surface area contributed by atoms with E-state index in [1.54, 1.807) is 51.5 Å². The van der Waals surface area contributed by atoms with Gasteiger partial charge in [0.25, 0.3) is 5.91 Å². The SMILES string of the molecule is O=C(c1ccc2c(c1)OCO2)N(CC(=O)N1CCc2sccc2[C@H]1COc1ccc(F)cc1)C[C@H]1CCCO1. The van der Waals surface area contributed by atoms with Crippen LogP contribution >= 0.6 is 11.3 Å². The lowest BCUT2D eigenvalue weighted by molar-refractivity contribution is -0.135. The molecule has 2 amide bonds. The van der Waals surface area contributed by atoms with Gasteiger partial charge in [0.15, 0.2) is 11.5 Å². The summed E-state index contributed by atoms with van der Waals surface area (Å²) in [5, 5.41) is 2.02. The van der Waals surface area contributed by atoms with Gasteiger partial charge in [-0.3, -0.25) is 9.59 Å². The van der Waals surface area contributed by atoms with Crippen molar-refractivity contribution in [3.63, 3.8) is 0 Å². The maximum absolute atomic E-state index is 13.8. The highest BCUT2D eigenvalue weighted by molar-refractivity contribution is 7.10. The number of ether oxygens (including phenoxy) is 4. The summed E-state index contributed by atoms with van der Waals surface area (Å²) in [5.74, 6) is 0.885. The van der Waals surface area contributed by atoms with E-state index in [0.29, 0.717) is 42.5 Å². The number of amides is 2. The van der Waals surface area contributed by atoms with Crippen LogP contribution in [0.4, 0.5) is 4.39 Å². The fraction of sp³-hybridized carbons (Fsp3) is 0.379. The molecule has 0 spiro atoms. The lowest BCUT2D eigenvalue weighted by atomic mass is 10.00. The van der Waals surface area contributed by atoms with E-state index in [9.17, 15) is 14.0 Å². The molecule has 6 rings (SSSR count). The Hall–Kier alpha value is -3.63. The Morgan fingerprint density at radius 2 is 1.95 bits per heavy atom. The van der Waals surface area contributed by atoms with Gasteiger partial charge in [-0.2, -0.15) is 0 Å². The van der Waals surface area contributed by atoms with Gasteiger partial charge in [-0.15, -0.1) is 11.3 Å². The van der Waals surface area contributed by atoms with Crippen LogP contribution in [0.15, 0.2) is 53.9 Å². The highest BCUT2D eigenvalue weighted by atomic mass is 32.1. The zero-order chi connectivity index (χ0) is 26.8. The van der Waals surface area contributed by atoms with Crippen molar-refractivity contribution in [3.8, 4) is 17.2 Å². The van der Waals surface area contributed by atoms with Gasteiger partial charge < -0.3 is 28.7 Å². The van der Waals surface area contributed by atoms with Crippen molar-refractivity contribution in [1.82, 2.24) is 9.80 Å². The summed E-state index contributed by atoms with van der Waals surface area (Å²) in [5.41, 5.74) is 1.48. The molecule has 1 aromatic heterocycles. The lowest BCUT2D eigenvalue weighted by Crippen LogP contribution is -2.49. The third kappa shape index (κ3) is 5.58. The first-order chi connectivity index (χ1) is 19.0. The first kappa shape index (κ1) is 25.6. The standard InChI is InChI=1S/C29H29FN2O6S/c30-20-4-6-21(7-5-20)36-17-24-23-10-13-39-27(23)9-11-32(24)28(33)16-31(15-22-2-1-12-35-22)29(34)19-3-8-25-26(14-19)38-18-37-25/h3-8,10,13-14,22,24H,1-2,9,11-12,15-18H2/t22-,24-/m1/s1. The largest absolute Gasteiger partial charge is 0.491 e. The minimum atomic E-state index is -0.338. The highest BCUT2D eigenvalue weighted by Crippen LogP contribution is 2.35. The van der Waals surface area contributed by atoms with Gasteiger partial charge in [0, 0.05) is 30.1 Å². The molecule has 0 N–H and O–H groups in total. The Balaban J connectivity index is 1.21. The zero-order valence-electron chi connectivity index (χ0n) is 21.3. The van der Waals surface area contributed by atoms with Crippen LogP contribution in [0.5, 0.6) is 17.2 Å². The molecular formula is C29H29FN2O6S. The second-order valence-corrected chi connectivity index (χ2v) is 10.8. The predicted octanol–water partition coefficient (Wildman–Crippen LogP) is 4.44. The van der Waals surface area contributed by atoms with Crippen molar-refractivity contribution in [3.05, 3.63) is 75.7 Å². The number of hydrogen-bond donors (Lipinski definition) is 0. The summed E-state index contributed by atoms with van der Waals surface area (Å²) < 4.78 is 36.0. The Kier molecular flexibility index (Phi) is 7.38. The van der Waals surface area contributed by atoms with Crippen LogP contribution in [0.1, 0.15) is 39.7 Å². The Morgan fingerprint density at radius 1 is 1.10 bits per heavy atom. The summed E-state index contributed by atoms with van der Waals surface area (Å²) in [6, 6.07) is 12.6. The van der Waals surface area contributed by atoms with E-state index >= 15 is 0 Å². The Bertz CT molecular complexity index is 1340. The Morgan fingerprint density at radius 3 is 2.77 bits per heavy atom. The minimum absolute atomic E-state index is 0.0837. The van der Waals surface area contributed by atoms with Gasteiger partial charge in [0.05, 0.1) is 12.1 Å². The first-order valence-electron chi connectivity index (χ1n) is 13.1. The van der Waals surface area contributed by atoms with Crippen molar-refractivity contribution in [2.45, 2.75) is 31.4 Å². The molecule has 0 unspecified atom stereocenters. The van der Waals surface area contributed by atoms with Gasteiger partial charge in [-0.05, 0) is 78.7 Å². The van der Waals surface area contributed by atoms with E-state index < -0.39 is 0 Å². The van der Waals surface area contributed by atoms with Crippen LogP contribution in [0.2, 0.25) is 0 Å². The summed E-state index contributed by atoms with van der Waals surface area (Å²) in [4.78, 5) is 32.1. The number of nitrogens with zero attached hydrogens (tertiary/aromatic N) is 2. The molecule has 3 aliphatic heterocycles. The third-order valence-corrected chi connectivity index (χ3v) is 8.31. The second kappa shape index (κ2) is 11.2. The summed E-state index contributed by atoms with van der Waals surface area (Å²) in [6.45, 7) is 1.76. The van der Waals surface area contributed by atoms with E-state index in [4.69, 9.17) is 18.9 Å². The van der Waals surface area contributed by atoms with E-state index in [-0.39, 0.29) is 49.7 Å². The molecule has 8 nitrogen and oxygen atoms in total. The van der Waals surface area contributed by atoms with E-state index in [1.165, 1.54) is 17.0 Å². The smallest absolute Gasteiger partial charge is 0.254 e. The number of carbonyl (C=O) groups excluding carboxylic acids is 2. The van der Waals surface area contributed by atoms with Gasteiger partial charge in [0.2, 0.25) is 12.7 Å². The van der Waals surface area contributed by atoms with Crippen LogP contribution in [-0.2, 0) is 16.0 Å². The van der Waals surface area contributed by atoms with Gasteiger partial charge in [-0.25, -0.2) is 4.39 Å². The molecule has 0 bridgehead atoms. The maximum atomic E-state index is 13.8. The quantitative estimate of drug-likeness (QED) is 0.411. The highest BCUT2D eigenvalue weighted by Gasteiger charge is 2.35. The third-order valence-electron chi connectivity index (χ3n) is 7.32. The van der Waals surface area contributed by atoms with Crippen molar-refractivity contribution >= 4 is 23.2 Å². The molecule has 0 aliphatic carbocycles. The Labute approximate surface area is 229 Å². The molecule has 0 saturated carbocycles. The van der Waals surface area contributed by atoms with Crippen molar-refractivity contribution < 1.29 is 32.9 Å². The molecule has 3 aliphatic rings. The van der Waals surface area contributed by atoms with Crippen LogP contribution in [-0.4, -0.2) is 67.4 Å². The molecule has 10 heteroatoms. The predicted molar refractivity (Wildman–Crippen MR) is 142 cm³/mol. The molecule has 0 radical (unpaired) electrons. The summed E-state index contributed by atoms with van der Waals surface area (Å²) in [7, 11) is 0. The fourth-order valence-corrected chi connectivity index (χ4v) is 6.23. The van der Waals surface area contributed by atoms with Crippen LogP contribution in [0.3, 0.4) is 0 Å². The number of hydrogen-bond acceptors (Lipinski definition) is 7. The molecule has 39 heavy (non-hydrogen) atoms. The molecular weight excluding hydrogens is 523 g/mol. The zero-order valence-corrected chi connectivity index (χ0v) is 22.2. The number of fused-ring (bicyclic) bond motifs is 2. The number of thiophene rings is 1. The van der Waals surface area contributed by atoms with Crippen molar-refractivity contribution in [2.24, 2.45) is 0 Å². The number of halogens is 1. The topological polar surface area (TPSA) is 77.5 Å². The molecule has 1 fully saturated rings. The molecule has 204 valence electrons. The van der Waals surface area contributed by atoms with Gasteiger partial charge in [0.1, 0.15) is 24.7 Å². The number of carbonyl (C=O) groups is 2. The molecule has 2 atom stereocenters. The molecule has 2 aromatic carbocycles. The number of rotatable bonds is 8. The monoisotopic (exact) mass is 552 g/mol. The first-order valence-corrected chi connectivity index (χ1v) is 14.0. The van der Waals surface area contributed by atoms with Crippen LogP contribution in [0.25, 0.3) is 0 Å². The minimum Gasteiger partial charge on any atom is -0.491 e. The van der Waals surface area contributed by atoms with E-state index in [0.717, 1.165) is 24.8 Å². The van der Waals surface area contributed by atoms with Crippen molar-refractivity contribution in [2.75, 3.05) is 39.6 Å². The fourth-order valence-electron chi connectivity index (χ4n) is 5.30.